The Morgan fingerprint density at radius 2 is 1.88 bits per heavy atom. The van der Waals surface area contributed by atoms with Gasteiger partial charge >= 0.3 is 0 Å². The molecule has 1 atom stereocenters. The fraction of sp³-hybridized carbons (Fsp3) is 0.556. The van der Waals surface area contributed by atoms with Crippen LogP contribution in [-0.2, 0) is 4.79 Å². The highest BCUT2D eigenvalue weighted by Gasteiger charge is 2.29. The van der Waals surface area contributed by atoms with Gasteiger partial charge in [-0.15, -0.1) is 0 Å². The molecule has 1 aliphatic rings. The molecule has 0 aromatic heterocycles. The maximum atomic E-state index is 12.6. The van der Waals surface area contributed by atoms with Gasteiger partial charge in [0.05, 0.1) is 12.6 Å². The molecule has 0 saturated carbocycles. The SMILES string of the molecule is CC(C)C[C@@H](CO)N1CCN(C(=O)c2ccc(Cl)cc2)CCC1=O. The van der Waals surface area contributed by atoms with E-state index in [9.17, 15) is 14.7 Å². The van der Waals surface area contributed by atoms with Crippen molar-refractivity contribution in [3.63, 3.8) is 0 Å². The monoisotopic (exact) mass is 352 g/mol. The molecule has 132 valence electrons. The maximum Gasteiger partial charge on any atom is 0.253 e. The van der Waals surface area contributed by atoms with Crippen molar-refractivity contribution in [3.8, 4) is 0 Å². The van der Waals surface area contributed by atoms with Gasteiger partial charge in [0, 0.05) is 36.6 Å². The Kier molecular flexibility index (Phi) is 6.63. The molecule has 0 radical (unpaired) electrons. The van der Waals surface area contributed by atoms with Crippen molar-refractivity contribution < 1.29 is 14.7 Å². The number of carbonyl (C=O) groups is 2. The fourth-order valence-corrected chi connectivity index (χ4v) is 3.17. The molecular weight excluding hydrogens is 328 g/mol. The number of nitrogens with zero attached hydrogens (tertiary/aromatic N) is 2. The second-order valence-corrected chi connectivity index (χ2v) is 7.04. The van der Waals surface area contributed by atoms with Gasteiger partial charge in [-0.1, -0.05) is 25.4 Å². The molecule has 1 fully saturated rings. The van der Waals surface area contributed by atoms with Crippen molar-refractivity contribution in [3.05, 3.63) is 34.9 Å². The highest BCUT2D eigenvalue weighted by atomic mass is 35.5. The van der Waals surface area contributed by atoms with Crippen LogP contribution in [0.5, 0.6) is 0 Å². The minimum Gasteiger partial charge on any atom is -0.394 e. The quantitative estimate of drug-likeness (QED) is 0.885. The van der Waals surface area contributed by atoms with Crippen molar-refractivity contribution in [1.29, 1.82) is 0 Å². The van der Waals surface area contributed by atoms with Gasteiger partial charge in [-0.2, -0.15) is 0 Å². The van der Waals surface area contributed by atoms with Crippen molar-refractivity contribution >= 4 is 23.4 Å². The highest BCUT2D eigenvalue weighted by Crippen LogP contribution is 2.17. The number of benzene rings is 1. The third kappa shape index (κ3) is 4.71. The second-order valence-electron chi connectivity index (χ2n) is 6.60. The van der Waals surface area contributed by atoms with E-state index in [1.165, 1.54) is 0 Å². The predicted octanol–water partition coefficient (Wildman–Crippen LogP) is 2.42. The molecule has 1 aromatic rings. The second kappa shape index (κ2) is 8.49. The molecule has 0 bridgehead atoms. The fourth-order valence-electron chi connectivity index (χ4n) is 3.05. The summed E-state index contributed by atoms with van der Waals surface area (Å²) in [6.45, 7) is 5.42. The largest absolute Gasteiger partial charge is 0.394 e. The van der Waals surface area contributed by atoms with E-state index in [2.05, 4.69) is 13.8 Å². The molecule has 24 heavy (non-hydrogen) atoms. The minimum absolute atomic E-state index is 0.00102. The number of halogens is 1. The number of hydrogen-bond acceptors (Lipinski definition) is 3. The summed E-state index contributed by atoms with van der Waals surface area (Å²) in [5, 5.41) is 10.2. The zero-order chi connectivity index (χ0) is 17.7. The van der Waals surface area contributed by atoms with Crippen LogP contribution in [0.1, 0.15) is 37.0 Å². The van der Waals surface area contributed by atoms with Crippen LogP contribution in [0.25, 0.3) is 0 Å². The smallest absolute Gasteiger partial charge is 0.253 e. The van der Waals surface area contributed by atoms with E-state index in [1.54, 1.807) is 34.1 Å². The first kappa shape index (κ1) is 18.7. The Labute approximate surface area is 148 Å². The van der Waals surface area contributed by atoms with E-state index in [4.69, 9.17) is 11.6 Å². The normalized spacial score (nSPS) is 17.1. The zero-order valence-corrected chi connectivity index (χ0v) is 15.0. The van der Waals surface area contributed by atoms with Gasteiger partial charge in [-0.3, -0.25) is 9.59 Å². The molecule has 5 nitrogen and oxygen atoms in total. The van der Waals surface area contributed by atoms with Crippen LogP contribution in [-0.4, -0.2) is 59.0 Å². The first-order valence-corrected chi connectivity index (χ1v) is 8.75. The summed E-state index contributed by atoms with van der Waals surface area (Å²) < 4.78 is 0. The lowest BCUT2D eigenvalue weighted by Crippen LogP contribution is -2.44. The summed E-state index contributed by atoms with van der Waals surface area (Å²) in [5.74, 6) is 0.303. The third-order valence-electron chi connectivity index (χ3n) is 4.30. The summed E-state index contributed by atoms with van der Waals surface area (Å²) in [6.07, 6.45) is 1.04. The van der Waals surface area contributed by atoms with Crippen LogP contribution in [0.2, 0.25) is 5.02 Å². The molecule has 1 saturated heterocycles. The lowest BCUT2D eigenvalue weighted by Gasteiger charge is -2.30. The molecule has 0 unspecified atom stereocenters. The summed E-state index contributed by atoms with van der Waals surface area (Å²) in [5.41, 5.74) is 0.571. The summed E-state index contributed by atoms with van der Waals surface area (Å²) in [4.78, 5) is 28.4. The van der Waals surface area contributed by atoms with E-state index in [-0.39, 0.29) is 30.9 Å². The van der Waals surface area contributed by atoms with E-state index >= 15 is 0 Å². The summed E-state index contributed by atoms with van der Waals surface area (Å²) in [7, 11) is 0. The van der Waals surface area contributed by atoms with Gasteiger partial charge in [-0.25, -0.2) is 0 Å². The van der Waals surface area contributed by atoms with Crippen LogP contribution in [0.3, 0.4) is 0 Å². The molecule has 1 heterocycles. The third-order valence-corrected chi connectivity index (χ3v) is 4.55. The standard InChI is InChI=1S/C18H25ClN2O3/c1-13(2)11-16(12-22)21-10-9-20(8-7-17(21)23)18(24)14-3-5-15(19)6-4-14/h3-6,13,16,22H,7-12H2,1-2H3/t16-/m0/s1. The Balaban J connectivity index is 2.06. The lowest BCUT2D eigenvalue weighted by atomic mass is 10.0. The van der Waals surface area contributed by atoms with Crippen molar-refractivity contribution in [2.45, 2.75) is 32.7 Å². The van der Waals surface area contributed by atoms with E-state index in [0.29, 0.717) is 36.1 Å². The molecule has 0 aliphatic carbocycles. The van der Waals surface area contributed by atoms with Crippen molar-refractivity contribution in [2.75, 3.05) is 26.2 Å². The molecular formula is C18H25ClN2O3. The first-order chi connectivity index (χ1) is 11.4. The van der Waals surface area contributed by atoms with Crippen LogP contribution in [0.4, 0.5) is 0 Å². The van der Waals surface area contributed by atoms with Gasteiger partial charge < -0.3 is 14.9 Å². The molecule has 1 aliphatic heterocycles. The summed E-state index contributed by atoms with van der Waals surface area (Å²) in [6, 6.07) is 6.60. The predicted molar refractivity (Wildman–Crippen MR) is 94.0 cm³/mol. The molecule has 2 amide bonds. The van der Waals surface area contributed by atoms with E-state index in [0.717, 1.165) is 6.42 Å². The minimum atomic E-state index is -0.178. The Morgan fingerprint density at radius 3 is 2.46 bits per heavy atom. The first-order valence-electron chi connectivity index (χ1n) is 8.37. The van der Waals surface area contributed by atoms with E-state index in [1.807, 2.05) is 0 Å². The van der Waals surface area contributed by atoms with Gasteiger partial charge in [0.25, 0.3) is 5.91 Å². The number of carbonyl (C=O) groups excluding carboxylic acids is 2. The van der Waals surface area contributed by atoms with Crippen LogP contribution in [0, 0.1) is 5.92 Å². The lowest BCUT2D eigenvalue weighted by molar-refractivity contribution is -0.133. The van der Waals surface area contributed by atoms with Crippen molar-refractivity contribution in [2.24, 2.45) is 5.92 Å². The molecule has 1 aromatic carbocycles. The zero-order valence-electron chi connectivity index (χ0n) is 14.2. The van der Waals surface area contributed by atoms with Gasteiger partial charge in [0.1, 0.15) is 0 Å². The maximum absolute atomic E-state index is 12.6. The molecule has 1 N–H and O–H groups in total. The molecule has 0 spiro atoms. The van der Waals surface area contributed by atoms with Crippen LogP contribution in [0.15, 0.2) is 24.3 Å². The Hall–Kier alpha value is -1.59. The molecule has 2 rings (SSSR count). The number of rotatable bonds is 5. The average Bonchev–Trinajstić information content (AvgIpc) is 2.74. The number of hydrogen-bond donors (Lipinski definition) is 1. The number of aliphatic hydroxyl groups excluding tert-OH is 1. The number of aliphatic hydroxyl groups is 1. The Bertz CT molecular complexity index is 574. The summed E-state index contributed by atoms with van der Waals surface area (Å²) >= 11 is 5.86. The van der Waals surface area contributed by atoms with Crippen LogP contribution < -0.4 is 0 Å². The average molecular weight is 353 g/mol. The Morgan fingerprint density at radius 1 is 1.21 bits per heavy atom. The topological polar surface area (TPSA) is 60.9 Å². The van der Waals surface area contributed by atoms with Gasteiger partial charge in [0.15, 0.2) is 0 Å². The van der Waals surface area contributed by atoms with Gasteiger partial charge in [0.2, 0.25) is 5.91 Å². The highest BCUT2D eigenvalue weighted by molar-refractivity contribution is 6.30. The number of amides is 2. The van der Waals surface area contributed by atoms with Gasteiger partial charge in [-0.05, 0) is 36.6 Å². The van der Waals surface area contributed by atoms with E-state index < -0.39 is 0 Å². The van der Waals surface area contributed by atoms with Crippen LogP contribution >= 0.6 is 11.6 Å². The molecule has 6 heteroatoms. The van der Waals surface area contributed by atoms with Crippen molar-refractivity contribution in [1.82, 2.24) is 9.80 Å².